The van der Waals surface area contributed by atoms with Gasteiger partial charge in [0.25, 0.3) is 0 Å². The monoisotopic (exact) mass is 678 g/mol. The minimum Gasteiger partial charge on any atom is -0.103 e. The van der Waals surface area contributed by atoms with Crippen LogP contribution in [0.5, 0.6) is 0 Å². The summed E-state index contributed by atoms with van der Waals surface area (Å²) in [6.07, 6.45) is 22.8. The van der Waals surface area contributed by atoms with Crippen molar-refractivity contribution in [2.75, 3.05) is 0 Å². The van der Waals surface area contributed by atoms with Gasteiger partial charge in [-0.3, -0.25) is 0 Å². The molecule has 4 aliphatic rings. The first-order chi connectivity index (χ1) is 26.2. The lowest BCUT2D eigenvalue weighted by Gasteiger charge is -2.25. The van der Waals surface area contributed by atoms with E-state index in [1.54, 1.807) is 17.2 Å². The zero-order chi connectivity index (χ0) is 35.5. The summed E-state index contributed by atoms with van der Waals surface area (Å²) in [4.78, 5) is 0. The Morgan fingerprint density at radius 1 is 0.472 bits per heavy atom. The van der Waals surface area contributed by atoms with E-state index in [4.69, 9.17) is 0 Å². The fourth-order valence-corrected chi connectivity index (χ4v) is 9.53. The van der Waals surface area contributed by atoms with Crippen LogP contribution < -0.4 is 0 Å². The van der Waals surface area contributed by atoms with Crippen LogP contribution in [0.2, 0.25) is 0 Å². The molecule has 0 heterocycles. The van der Waals surface area contributed by atoms with Gasteiger partial charge in [-0.15, -0.1) is 6.58 Å². The first-order valence-electron chi connectivity index (χ1n) is 19.3. The summed E-state index contributed by atoms with van der Waals surface area (Å²) in [5, 5.41) is 8.26. The summed E-state index contributed by atoms with van der Waals surface area (Å²) in [5.74, 6) is 0. The van der Waals surface area contributed by atoms with Gasteiger partial charge in [0, 0.05) is 0 Å². The molecule has 0 saturated carbocycles. The van der Waals surface area contributed by atoms with Gasteiger partial charge in [-0.2, -0.15) is 0 Å². The number of benzene rings is 7. The van der Waals surface area contributed by atoms with E-state index in [2.05, 4.69) is 152 Å². The SMILES string of the molecule is C1=CC2=C(CC1)c1cccc3cc(-c4ccc(-c5cccc(-c6cc7c8c(c9c(c7c7ccccc67)C=CCC9)CCC=C8)c5)cc4)cc2c13.C=CC. The predicted octanol–water partition coefficient (Wildman–Crippen LogP) is 14.8. The molecule has 53 heavy (non-hydrogen) atoms. The van der Waals surface area contributed by atoms with Gasteiger partial charge in [0.1, 0.15) is 0 Å². The Labute approximate surface area is 312 Å². The molecule has 0 atom stereocenters. The third-order valence-corrected chi connectivity index (χ3v) is 11.8. The Bertz CT molecular complexity index is 2780. The second-order valence-electron chi connectivity index (χ2n) is 14.9. The van der Waals surface area contributed by atoms with Gasteiger partial charge in [-0.05, 0) is 180 Å². The van der Waals surface area contributed by atoms with Crippen LogP contribution in [0.15, 0.2) is 146 Å². The van der Waals surface area contributed by atoms with Crippen LogP contribution in [0, 0.1) is 0 Å². The van der Waals surface area contributed by atoms with Crippen molar-refractivity contribution >= 4 is 55.6 Å². The van der Waals surface area contributed by atoms with Crippen molar-refractivity contribution in [2.45, 2.75) is 45.4 Å². The highest BCUT2D eigenvalue weighted by Crippen LogP contribution is 2.48. The summed E-state index contributed by atoms with van der Waals surface area (Å²) in [7, 11) is 0. The maximum Gasteiger partial charge on any atom is -0.00235 e. The molecule has 0 bridgehead atoms. The molecule has 0 amide bonds. The summed E-state index contributed by atoms with van der Waals surface area (Å²) in [6.45, 7) is 5.25. The predicted molar refractivity (Wildman–Crippen MR) is 231 cm³/mol. The van der Waals surface area contributed by atoms with Crippen LogP contribution in [0.3, 0.4) is 0 Å². The van der Waals surface area contributed by atoms with E-state index in [1.165, 1.54) is 99.1 Å². The maximum absolute atomic E-state index is 3.36. The van der Waals surface area contributed by atoms with Gasteiger partial charge in [-0.25, -0.2) is 0 Å². The summed E-state index contributed by atoms with van der Waals surface area (Å²) < 4.78 is 0. The van der Waals surface area contributed by atoms with Gasteiger partial charge >= 0.3 is 0 Å². The van der Waals surface area contributed by atoms with Crippen molar-refractivity contribution in [3.8, 4) is 33.4 Å². The Morgan fingerprint density at radius 3 is 1.94 bits per heavy atom. The third-order valence-electron chi connectivity index (χ3n) is 11.8. The van der Waals surface area contributed by atoms with Gasteiger partial charge < -0.3 is 0 Å². The van der Waals surface area contributed by atoms with Crippen molar-refractivity contribution in [3.05, 3.63) is 180 Å². The minimum atomic E-state index is 1.13. The molecule has 0 saturated heterocycles. The van der Waals surface area contributed by atoms with Crippen molar-refractivity contribution in [1.29, 1.82) is 0 Å². The number of fused-ring (bicyclic) bond motifs is 10. The Morgan fingerprint density at radius 2 is 1.13 bits per heavy atom. The average Bonchev–Trinajstić information content (AvgIpc) is 3.55. The Hall–Kier alpha value is -5.98. The highest BCUT2D eigenvalue weighted by molar-refractivity contribution is 6.20. The zero-order valence-electron chi connectivity index (χ0n) is 30.4. The maximum atomic E-state index is 3.36. The number of allylic oxidation sites excluding steroid dienone is 7. The second-order valence-corrected chi connectivity index (χ2v) is 14.9. The fraction of sp³-hybridized carbons (Fsp3) is 0.132. The van der Waals surface area contributed by atoms with E-state index >= 15 is 0 Å². The first-order valence-corrected chi connectivity index (χ1v) is 19.3. The van der Waals surface area contributed by atoms with Crippen molar-refractivity contribution in [3.63, 3.8) is 0 Å². The molecule has 0 spiro atoms. The lowest BCUT2D eigenvalue weighted by atomic mass is 9.79. The summed E-state index contributed by atoms with van der Waals surface area (Å²) in [5.41, 5.74) is 19.4. The normalized spacial score (nSPS) is 15.0. The van der Waals surface area contributed by atoms with Crippen LogP contribution in [0.4, 0.5) is 0 Å². The number of hydrogen-bond donors (Lipinski definition) is 0. The first kappa shape index (κ1) is 31.7. The largest absolute Gasteiger partial charge is 0.103 e. The lowest BCUT2D eigenvalue weighted by Crippen LogP contribution is -2.07. The molecule has 0 fully saturated rings. The molecule has 0 heteroatoms. The highest BCUT2D eigenvalue weighted by atomic mass is 14.3. The van der Waals surface area contributed by atoms with E-state index in [0.717, 1.165) is 38.5 Å². The zero-order valence-corrected chi connectivity index (χ0v) is 30.4. The summed E-state index contributed by atoms with van der Waals surface area (Å²) in [6, 6.07) is 41.6. The van der Waals surface area contributed by atoms with E-state index in [1.807, 2.05) is 6.92 Å². The van der Waals surface area contributed by atoms with Gasteiger partial charge in [0.15, 0.2) is 0 Å². The second kappa shape index (κ2) is 12.9. The quantitative estimate of drug-likeness (QED) is 0.129. The molecule has 7 aromatic carbocycles. The van der Waals surface area contributed by atoms with Crippen LogP contribution in [0.25, 0.3) is 89.0 Å². The topological polar surface area (TPSA) is 0 Å². The lowest BCUT2D eigenvalue weighted by molar-refractivity contribution is 0.911. The van der Waals surface area contributed by atoms with Crippen LogP contribution >= 0.6 is 0 Å². The number of rotatable bonds is 3. The van der Waals surface area contributed by atoms with E-state index < -0.39 is 0 Å². The smallest absolute Gasteiger partial charge is 0.00235 e. The van der Waals surface area contributed by atoms with E-state index in [-0.39, 0.29) is 0 Å². The standard InChI is InChI=1S/C50H36.C3H6/c1-3-17-40-37(14-1)38-15-5-7-20-44(38)50-45-21-8-6-19-42(45)46(30-48(40)50)34-12-9-11-33(27-34)31-23-25-32(26-24-31)36-28-35-13-10-22-43-39-16-2-4-18-41(39)47(29-36)49(35)43;1-3-2/h3-4,6-13,17-30H,1-2,5,14-16H2;3H,1H2,2H3. The summed E-state index contributed by atoms with van der Waals surface area (Å²) >= 11 is 0. The molecule has 0 radical (unpaired) electrons. The molecule has 7 aromatic rings. The highest BCUT2D eigenvalue weighted by Gasteiger charge is 2.25. The van der Waals surface area contributed by atoms with Crippen molar-refractivity contribution < 1.29 is 0 Å². The van der Waals surface area contributed by atoms with E-state index in [0.29, 0.717) is 0 Å². The average molecular weight is 679 g/mol. The fourth-order valence-electron chi connectivity index (χ4n) is 9.53. The van der Waals surface area contributed by atoms with Crippen LogP contribution in [0.1, 0.15) is 66.0 Å². The molecular formula is C53H42. The molecule has 4 aliphatic carbocycles. The van der Waals surface area contributed by atoms with Gasteiger partial charge in [-0.1, -0.05) is 127 Å². The molecule has 0 aliphatic heterocycles. The minimum absolute atomic E-state index is 1.13. The van der Waals surface area contributed by atoms with Crippen molar-refractivity contribution in [1.82, 2.24) is 0 Å². The van der Waals surface area contributed by atoms with Gasteiger partial charge in [0.2, 0.25) is 0 Å². The molecule has 254 valence electrons. The Kier molecular flexibility index (Phi) is 7.73. The molecule has 0 unspecified atom stereocenters. The van der Waals surface area contributed by atoms with Gasteiger partial charge in [0.05, 0.1) is 0 Å². The molecule has 11 rings (SSSR count). The van der Waals surface area contributed by atoms with Crippen LogP contribution in [-0.4, -0.2) is 0 Å². The molecule has 0 aromatic heterocycles. The Balaban J connectivity index is 0.00000113. The molecular weight excluding hydrogens is 637 g/mol. The molecule has 0 nitrogen and oxygen atoms in total. The third kappa shape index (κ3) is 5.12. The van der Waals surface area contributed by atoms with Crippen molar-refractivity contribution in [2.24, 2.45) is 0 Å². The molecule has 0 N–H and O–H groups in total. The van der Waals surface area contributed by atoms with E-state index in [9.17, 15) is 0 Å². The van der Waals surface area contributed by atoms with Crippen LogP contribution in [-0.2, 0) is 12.8 Å². The number of hydrogen-bond acceptors (Lipinski definition) is 0.